The van der Waals surface area contributed by atoms with E-state index in [0.717, 1.165) is 65.5 Å². The molecule has 29 heavy (non-hydrogen) atoms. The molecule has 1 fully saturated rings. The third-order valence-corrected chi connectivity index (χ3v) is 6.43. The van der Waals surface area contributed by atoms with Crippen LogP contribution in [0.1, 0.15) is 18.9 Å². The van der Waals surface area contributed by atoms with Gasteiger partial charge in [-0.1, -0.05) is 43.0 Å². The summed E-state index contributed by atoms with van der Waals surface area (Å²) in [7, 11) is 0. The maximum atomic E-state index is 13.6. The Labute approximate surface area is 175 Å². The number of halogens is 1. The number of hydrogen-bond donors (Lipinski definition) is 1. The first-order chi connectivity index (χ1) is 14.1. The minimum atomic E-state index is -0.256. The van der Waals surface area contributed by atoms with Gasteiger partial charge in [0.1, 0.15) is 5.82 Å². The van der Waals surface area contributed by atoms with Crippen molar-refractivity contribution in [3.05, 3.63) is 59.9 Å². The zero-order chi connectivity index (χ0) is 20.2. The third kappa shape index (κ3) is 4.65. The Balaban J connectivity index is 1.55. The number of carbonyl (C=O) groups is 1. The molecule has 3 aromatic rings. The molecule has 2 aromatic carbocycles. The van der Waals surface area contributed by atoms with Gasteiger partial charge in [0.15, 0.2) is 0 Å². The molecule has 1 amide bonds. The SMILES string of the molecule is CCCN1CCN(C(=O)Cc2c(Sc3cccc(F)c3)[nH]c3ccccc23)CC1. The van der Waals surface area contributed by atoms with Crippen LogP contribution < -0.4 is 0 Å². The monoisotopic (exact) mass is 411 g/mol. The highest BCUT2D eigenvalue weighted by molar-refractivity contribution is 7.99. The molecular formula is C23H26FN3OS. The number of H-pyrrole nitrogens is 1. The maximum absolute atomic E-state index is 13.6. The van der Waals surface area contributed by atoms with Crippen LogP contribution in [0.2, 0.25) is 0 Å². The summed E-state index contributed by atoms with van der Waals surface area (Å²) < 4.78 is 13.6. The molecule has 0 atom stereocenters. The van der Waals surface area contributed by atoms with Crippen molar-refractivity contribution in [2.45, 2.75) is 29.7 Å². The molecule has 2 heterocycles. The number of rotatable bonds is 6. The first kappa shape index (κ1) is 20.0. The number of fused-ring (bicyclic) bond motifs is 1. The first-order valence-corrected chi connectivity index (χ1v) is 11.0. The number of nitrogens with one attached hydrogen (secondary N) is 1. The molecule has 0 bridgehead atoms. The Morgan fingerprint density at radius 3 is 2.66 bits per heavy atom. The largest absolute Gasteiger partial charge is 0.349 e. The molecule has 4 nitrogen and oxygen atoms in total. The van der Waals surface area contributed by atoms with Crippen LogP contribution in [0.25, 0.3) is 10.9 Å². The Kier molecular flexibility index (Phi) is 6.21. The summed E-state index contributed by atoms with van der Waals surface area (Å²) in [6, 6.07) is 14.6. The summed E-state index contributed by atoms with van der Waals surface area (Å²) in [4.78, 5) is 21.7. The number of piperazine rings is 1. The Morgan fingerprint density at radius 2 is 1.90 bits per heavy atom. The van der Waals surface area contributed by atoms with Gasteiger partial charge >= 0.3 is 0 Å². The highest BCUT2D eigenvalue weighted by Crippen LogP contribution is 2.35. The van der Waals surface area contributed by atoms with E-state index in [0.29, 0.717) is 6.42 Å². The van der Waals surface area contributed by atoms with E-state index < -0.39 is 0 Å². The van der Waals surface area contributed by atoms with Gasteiger partial charge in [-0.2, -0.15) is 0 Å². The zero-order valence-electron chi connectivity index (χ0n) is 16.7. The molecule has 1 aliphatic rings. The molecule has 0 unspecified atom stereocenters. The number of benzene rings is 2. The molecular weight excluding hydrogens is 385 g/mol. The number of aromatic nitrogens is 1. The van der Waals surface area contributed by atoms with Gasteiger partial charge in [-0.05, 0) is 37.2 Å². The second kappa shape index (κ2) is 9.01. The van der Waals surface area contributed by atoms with Crippen molar-refractivity contribution < 1.29 is 9.18 Å². The van der Waals surface area contributed by atoms with Gasteiger partial charge in [-0.3, -0.25) is 9.69 Å². The predicted molar refractivity (Wildman–Crippen MR) is 116 cm³/mol. The van der Waals surface area contributed by atoms with Crippen molar-refractivity contribution in [1.29, 1.82) is 0 Å². The van der Waals surface area contributed by atoms with E-state index in [2.05, 4.69) is 16.8 Å². The van der Waals surface area contributed by atoms with Gasteiger partial charge in [-0.25, -0.2) is 4.39 Å². The van der Waals surface area contributed by atoms with E-state index in [4.69, 9.17) is 0 Å². The lowest BCUT2D eigenvalue weighted by molar-refractivity contribution is -0.132. The summed E-state index contributed by atoms with van der Waals surface area (Å²) >= 11 is 1.48. The number of aromatic amines is 1. The van der Waals surface area contributed by atoms with Gasteiger partial charge in [-0.15, -0.1) is 0 Å². The molecule has 1 aromatic heterocycles. The summed E-state index contributed by atoms with van der Waals surface area (Å²) in [5.41, 5.74) is 2.00. The molecule has 6 heteroatoms. The fourth-order valence-electron chi connectivity index (χ4n) is 3.89. The fraction of sp³-hybridized carbons (Fsp3) is 0.348. The number of para-hydroxylation sites is 1. The van der Waals surface area contributed by atoms with E-state index in [1.54, 1.807) is 6.07 Å². The van der Waals surface area contributed by atoms with Crippen LogP contribution in [0, 0.1) is 5.82 Å². The van der Waals surface area contributed by atoms with Crippen LogP contribution in [-0.2, 0) is 11.2 Å². The fourth-order valence-corrected chi connectivity index (χ4v) is 4.91. The summed E-state index contributed by atoms with van der Waals surface area (Å²) in [6.45, 7) is 6.74. The van der Waals surface area contributed by atoms with Gasteiger partial charge in [0, 0.05) is 47.5 Å². The topological polar surface area (TPSA) is 39.3 Å². The number of hydrogen-bond acceptors (Lipinski definition) is 3. The van der Waals surface area contributed by atoms with Crippen molar-refractivity contribution in [1.82, 2.24) is 14.8 Å². The van der Waals surface area contributed by atoms with Crippen LogP contribution >= 0.6 is 11.8 Å². The average molecular weight is 412 g/mol. The molecule has 152 valence electrons. The molecule has 1 saturated heterocycles. The Morgan fingerprint density at radius 1 is 1.10 bits per heavy atom. The van der Waals surface area contributed by atoms with Crippen molar-refractivity contribution in [3.8, 4) is 0 Å². The second-order valence-electron chi connectivity index (χ2n) is 7.44. The number of nitrogens with zero attached hydrogens (tertiary/aromatic N) is 2. The second-order valence-corrected chi connectivity index (χ2v) is 8.52. The van der Waals surface area contributed by atoms with Crippen LogP contribution in [0.5, 0.6) is 0 Å². The van der Waals surface area contributed by atoms with Gasteiger partial charge < -0.3 is 9.88 Å². The first-order valence-electron chi connectivity index (χ1n) is 10.2. The minimum Gasteiger partial charge on any atom is -0.349 e. The van der Waals surface area contributed by atoms with Crippen LogP contribution in [0.4, 0.5) is 4.39 Å². The lowest BCUT2D eigenvalue weighted by Crippen LogP contribution is -2.49. The van der Waals surface area contributed by atoms with Crippen molar-refractivity contribution in [3.63, 3.8) is 0 Å². The van der Waals surface area contributed by atoms with Crippen LogP contribution in [-0.4, -0.2) is 53.4 Å². The number of carbonyl (C=O) groups excluding carboxylic acids is 1. The lowest BCUT2D eigenvalue weighted by Gasteiger charge is -2.34. The highest BCUT2D eigenvalue weighted by Gasteiger charge is 2.23. The van der Waals surface area contributed by atoms with Crippen molar-refractivity contribution in [2.75, 3.05) is 32.7 Å². The van der Waals surface area contributed by atoms with Crippen molar-refractivity contribution >= 4 is 28.6 Å². The molecule has 0 aliphatic carbocycles. The van der Waals surface area contributed by atoms with E-state index in [-0.39, 0.29) is 11.7 Å². The standard InChI is InChI=1S/C23H26FN3OS/c1-2-10-26-11-13-27(14-12-26)22(28)16-20-19-8-3-4-9-21(19)25-23(20)29-18-7-5-6-17(24)15-18/h3-9,15,25H,2,10-14,16H2,1H3. The molecule has 1 N–H and O–H groups in total. The van der Waals surface area contributed by atoms with E-state index in [1.165, 1.54) is 23.9 Å². The van der Waals surface area contributed by atoms with E-state index in [1.807, 2.05) is 35.2 Å². The molecule has 0 spiro atoms. The minimum absolute atomic E-state index is 0.159. The number of amides is 1. The summed E-state index contributed by atoms with van der Waals surface area (Å²) in [5, 5.41) is 1.97. The molecule has 0 radical (unpaired) electrons. The van der Waals surface area contributed by atoms with E-state index in [9.17, 15) is 9.18 Å². The van der Waals surface area contributed by atoms with Crippen molar-refractivity contribution in [2.24, 2.45) is 0 Å². The molecule has 0 saturated carbocycles. The smallest absolute Gasteiger partial charge is 0.227 e. The Bertz CT molecular complexity index is 995. The quantitative estimate of drug-likeness (QED) is 0.647. The maximum Gasteiger partial charge on any atom is 0.227 e. The molecule has 1 aliphatic heterocycles. The summed E-state index contributed by atoms with van der Waals surface area (Å²) in [6.07, 6.45) is 1.50. The Hall–Kier alpha value is -2.31. The lowest BCUT2D eigenvalue weighted by atomic mass is 10.1. The van der Waals surface area contributed by atoms with Gasteiger partial charge in [0.05, 0.1) is 11.4 Å². The van der Waals surface area contributed by atoms with Gasteiger partial charge in [0.2, 0.25) is 5.91 Å². The molecule has 4 rings (SSSR count). The zero-order valence-corrected chi connectivity index (χ0v) is 17.5. The van der Waals surface area contributed by atoms with Crippen LogP contribution in [0.15, 0.2) is 58.5 Å². The van der Waals surface area contributed by atoms with Gasteiger partial charge in [0.25, 0.3) is 0 Å². The normalized spacial score (nSPS) is 15.2. The summed E-state index contributed by atoms with van der Waals surface area (Å²) in [5.74, 6) is -0.0966. The predicted octanol–water partition coefficient (Wildman–Crippen LogP) is 4.55. The highest BCUT2D eigenvalue weighted by atomic mass is 32.2. The van der Waals surface area contributed by atoms with E-state index >= 15 is 0 Å². The van der Waals surface area contributed by atoms with Crippen LogP contribution in [0.3, 0.4) is 0 Å². The average Bonchev–Trinajstić information content (AvgIpc) is 3.06. The third-order valence-electron chi connectivity index (χ3n) is 5.38.